The predicted molar refractivity (Wildman–Crippen MR) is 92.3 cm³/mol. The van der Waals surface area contributed by atoms with Crippen molar-refractivity contribution in [3.05, 3.63) is 35.6 Å². The third kappa shape index (κ3) is 3.69. The molecule has 3 nitrogen and oxygen atoms in total. The first-order chi connectivity index (χ1) is 10.4. The summed E-state index contributed by atoms with van der Waals surface area (Å²) in [5, 5.41) is 6.41. The largest absolute Gasteiger partial charge is 0.355 e. The highest BCUT2D eigenvalue weighted by molar-refractivity contribution is 5.85. The fourth-order valence-corrected chi connectivity index (χ4v) is 3.73. The van der Waals surface area contributed by atoms with Crippen LogP contribution in [0.5, 0.6) is 0 Å². The van der Waals surface area contributed by atoms with E-state index in [1.54, 1.807) is 12.1 Å². The predicted octanol–water partition coefficient (Wildman–Crippen LogP) is 3.03. The Morgan fingerprint density at radius 1 is 1.35 bits per heavy atom. The number of piperidine rings is 1. The number of benzene rings is 1. The van der Waals surface area contributed by atoms with Gasteiger partial charge in [-0.25, -0.2) is 4.39 Å². The number of carbonyl (C=O) groups excluding carboxylic acids is 1. The van der Waals surface area contributed by atoms with E-state index < -0.39 is 5.41 Å². The number of amides is 1. The molecule has 2 fully saturated rings. The second-order valence-corrected chi connectivity index (χ2v) is 7.45. The summed E-state index contributed by atoms with van der Waals surface area (Å²) in [6.45, 7) is 6.45. The van der Waals surface area contributed by atoms with Gasteiger partial charge in [0.25, 0.3) is 0 Å². The zero-order chi connectivity index (χ0) is 15.8. The van der Waals surface area contributed by atoms with Crippen molar-refractivity contribution in [2.75, 3.05) is 19.6 Å². The Bertz CT molecular complexity index is 570. The number of hydrogen-bond donors (Lipinski definition) is 2. The lowest BCUT2D eigenvalue weighted by atomic mass is 9.84. The second-order valence-electron chi connectivity index (χ2n) is 7.45. The molecule has 1 aromatic carbocycles. The van der Waals surface area contributed by atoms with E-state index >= 15 is 0 Å². The normalized spacial score (nSPS) is 22.3. The third-order valence-corrected chi connectivity index (χ3v) is 5.41. The number of halogens is 2. The van der Waals surface area contributed by atoms with E-state index in [9.17, 15) is 9.18 Å². The average molecular weight is 341 g/mol. The summed E-state index contributed by atoms with van der Waals surface area (Å²) in [6.07, 6.45) is 3.21. The van der Waals surface area contributed by atoms with Crippen molar-refractivity contribution in [2.24, 2.45) is 11.3 Å². The van der Waals surface area contributed by atoms with E-state index in [1.165, 1.54) is 6.07 Å². The Hall–Kier alpha value is -1.13. The zero-order valence-corrected chi connectivity index (χ0v) is 14.6. The van der Waals surface area contributed by atoms with Crippen LogP contribution in [0, 0.1) is 17.2 Å². The van der Waals surface area contributed by atoms with Crippen LogP contribution in [0.2, 0.25) is 0 Å². The maximum atomic E-state index is 13.9. The minimum Gasteiger partial charge on any atom is -0.355 e. The zero-order valence-electron chi connectivity index (χ0n) is 13.8. The topological polar surface area (TPSA) is 41.1 Å². The molecule has 1 unspecified atom stereocenters. The lowest BCUT2D eigenvalue weighted by Crippen LogP contribution is -2.39. The second kappa shape index (κ2) is 6.78. The summed E-state index contributed by atoms with van der Waals surface area (Å²) in [4.78, 5) is 12.4. The lowest BCUT2D eigenvalue weighted by Gasteiger charge is -2.27. The van der Waals surface area contributed by atoms with Crippen molar-refractivity contribution in [1.82, 2.24) is 10.6 Å². The van der Waals surface area contributed by atoms with Crippen LogP contribution in [0.15, 0.2) is 24.3 Å². The van der Waals surface area contributed by atoms with Gasteiger partial charge in [-0.3, -0.25) is 4.79 Å². The molecule has 1 aromatic rings. The molecular formula is C18H26ClFN2O. The van der Waals surface area contributed by atoms with Crippen LogP contribution in [-0.2, 0) is 10.2 Å². The molecule has 1 aliphatic heterocycles. The van der Waals surface area contributed by atoms with E-state index in [2.05, 4.69) is 10.6 Å². The Labute approximate surface area is 143 Å². The molecule has 1 aliphatic carbocycles. The van der Waals surface area contributed by atoms with Crippen molar-refractivity contribution in [1.29, 1.82) is 0 Å². The smallest absolute Gasteiger partial charge is 0.223 e. The monoisotopic (exact) mass is 340 g/mol. The molecule has 2 N–H and O–H groups in total. The first-order valence-corrected chi connectivity index (χ1v) is 8.18. The van der Waals surface area contributed by atoms with Gasteiger partial charge in [0.2, 0.25) is 5.91 Å². The fraction of sp³-hybridized carbons (Fsp3) is 0.611. The van der Waals surface area contributed by atoms with Gasteiger partial charge in [0.05, 0.1) is 0 Å². The standard InChI is InChI=1S/C18H25FN2O.ClH/c1-17(2,13-5-3-4-6-15(13)19)12-21-16(22)14-11-18(14)7-9-20-10-8-18;/h3-6,14,20H,7-12H2,1-2H3,(H,21,22);1H. The van der Waals surface area contributed by atoms with Crippen LogP contribution >= 0.6 is 12.4 Å². The molecule has 128 valence electrons. The summed E-state index contributed by atoms with van der Waals surface area (Å²) in [5.41, 5.74) is 0.497. The Morgan fingerprint density at radius 3 is 2.65 bits per heavy atom. The van der Waals surface area contributed by atoms with Gasteiger partial charge in [-0.1, -0.05) is 32.0 Å². The summed E-state index contributed by atoms with van der Waals surface area (Å²) < 4.78 is 13.9. The Balaban J connectivity index is 0.00000192. The van der Waals surface area contributed by atoms with Crippen molar-refractivity contribution in [3.8, 4) is 0 Å². The molecule has 1 amide bonds. The van der Waals surface area contributed by atoms with Crippen molar-refractivity contribution < 1.29 is 9.18 Å². The molecule has 2 aliphatic rings. The molecule has 0 radical (unpaired) electrons. The SMILES string of the molecule is CC(C)(CNC(=O)C1CC12CCNCC2)c1ccccc1F.Cl. The first-order valence-electron chi connectivity index (χ1n) is 8.18. The molecule has 1 saturated carbocycles. The van der Waals surface area contributed by atoms with Gasteiger partial charge in [0.15, 0.2) is 0 Å². The van der Waals surface area contributed by atoms with Crippen molar-refractivity contribution in [3.63, 3.8) is 0 Å². The minimum atomic E-state index is -0.406. The fourth-order valence-electron chi connectivity index (χ4n) is 3.73. The molecule has 3 rings (SSSR count). The van der Waals surface area contributed by atoms with Crippen LogP contribution in [0.1, 0.15) is 38.7 Å². The number of nitrogens with one attached hydrogen (secondary N) is 2. The van der Waals surface area contributed by atoms with Gasteiger partial charge in [-0.2, -0.15) is 0 Å². The number of carbonyl (C=O) groups is 1. The van der Waals surface area contributed by atoms with Gasteiger partial charge in [-0.05, 0) is 49.4 Å². The number of rotatable bonds is 4. The van der Waals surface area contributed by atoms with E-state index in [-0.39, 0.29) is 35.5 Å². The van der Waals surface area contributed by atoms with Crippen LogP contribution < -0.4 is 10.6 Å². The summed E-state index contributed by atoms with van der Waals surface area (Å²) in [5.74, 6) is 0.0975. The van der Waals surface area contributed by atoms with E-state index in [4.69, 9.17) is 0 Å². The van der Waals surface area contributed by atoms with Crippen LogP contribution in [-0.4, -0.2) is 25.5 Å². The summed E-state index contributed by atoms with van der Waals surface area (Å²) >= 11 is 0. The maximum absolute atomic E-state index is 13.9. The molecule has 23 heavy (non-hydrogen) atoms. The first kappa shape index (κ1) is 18.2. The van der Waals surface area contributed by atoms with Gasteiger partial charge in [0.1, 0.15) is 5.82 Å². The number of hydrogen-bond acceptors (Lipinski definition) is 2. The van der Waals surface area contributed by atoms with Gasteiger partial charge < -0.3 is 10.6 Å². The minimum absolute atomic E-state index is 0. The summed E-state index contributed by atoms with van der Waals surface area (Å²) in [7, 11) is 0. The molecule has 0 aromatic heterocycles. The van der Waals surface area contributed by atoms with Gasteiger partial charge in [0, 0.05) is 17.9 Å². The third-order valence-electron chi connectivity index (χ3n) is 5.41. The highest BCUT2D eigenvalue weighted by Crippen LogP contribution is 2.58. The molecule has 1 atom stereocenters. The quantitative estimate of drug-likeness (QED) is 0.884. The Kier molecular flexibility index (Phi) is 5.37. The summed E-state index contributed by atoms with van der Waals surface area (Å²) in [6, 6.07) is 6.81. The van der Waals surface area contributed by atoms with E-state index in [1.807, 2.05) is 19.9 Å². The Morgan fingerprint density at radius 2 is 2.00 bits per heavy atom. The highest BCUT2D eigenvalue weighted by atomic mass is 35.5. The lowest BCUT2D eigenvalue weighted by molar-refractivity contribution is -0.123. The van der Waals surface area contributed by atoms with Crippen LogP contribution in [0.25, 0.3) is 0 Å². The molecule has 1 heterocycles. The average Bonchev–Trinajstić information content (AvgIpc) is 3.19. The van der Waals surface area contributed by atoms with E-state index in [0.29, 0.717) is 12.1 Å². The van der Waals surface area contributed by atoms with Crippen molar-refractivity contribution >= 4 is 18.3 Å². The van der Waals surface area contributed by atoms with Gasteiger partial charge >= 0.3 is 0 Å². The molecule has 0 bridgehead atoms. The van der Waals surface area contributed by atoms with Crippen LogP contribution in [0.4, 0.5) is 4.39 Å². The van der Waals surface area contributed by atoms with Gasteiger partial charge in [-0.15, -0.1) is 12.4 Å². The maximum Gasteiger partial charge on any atom is 0.223 e. The molecule has 5 heteroatoms. The van der Waals surface area contributed by atoms with Crippen LogP contribution in [0.3, 0.4) is 0 Å². The van der Waals surface area contributed by atoms with Crippen molar-refractivity contribution in [2.45, 2.75) is 38.5 Å². The molecule has 1 spiro atoms. The van der Waals surface area contributed by atoms with E-state index in [0.717, 1.165) is 32.4 Å². The molecular weight excluding hydrogens is 315 g/mol. The molecule has 1 saturated heterocycles. The highest BCUT2D eigenvalue weighted by Gasteiger charge is 2.57.